The van der Waals surface area contributed by atoms with Crippen LogP contribution < -0.4 is 10.2 Å². The Balaban J connectivity index is 2.39. The molecule has 2 N–H and O–H groups in total. The lowest BCUT2D eigenvalue weighted by molar-refractivity contribution is 0.0881. The third kappa shape index (κ3) is 5.17. The molecule has 1 unspecified atom stereocenters. The summed E-state index contributed by atoms with van der Waals surface area (Å²) in [6.07, 6.45) is -0.516. The first-order valence-corrected chi connectivity index (χ1v) is 5.78. The van der Waals surface area contributed by atoms with E-state index in [1.807, 2.05) is 40.1 Å². The summed E-state index contributed by atoms with van der Waals surface area (Å²) >= 11 is 0. The summed E-state index contributed by atoms with van der Waals surface area (Å²) in [5, 5.41) is 11.5. The molecule has 0 saturated carbocycles. The van der Waals surface area contributed by atoms with E-state index in [-0.39, 0.29) is 0 Å². The first-order chi connectivity index (χ1) is 7.99. The van der Waals surface area contributed by atoms with Crippen LogP contribution in [-0.4, -0.2) is 43.5 Å². The molecule has 0 aliphatic rings. The zero-order valence-corrected chi connectivity index (χ0v) is 11.0. The molecular weight excluding hydrogens is 216 g/mol. The minimum atomic E-state index is -0.516. The van der Waals surface area contributed by atoms with Gasteiger partial charge in [0.1, 0.15) is 18.5 Å². The summed E-state index contributed by atoms with van der Waals surface area (Å²) in [5.74, 6) is 0.833. The van der Waals surface area contributed by atoms with Gasteiger partial charge in [-0.1, -0.05) is 17.7 Å². The lowest BCUT2D eigenvalue weighted by Crippen LogP contribution is -2.39. The standard InChI is InChI=1S/C13H22N2O2/c1-10-5-6-13(11(2)7-10)17-9-12(16)8-14-15(3)4/h5-7,12,14,16H,8-9H2,1-4H3. The molecule has 0 spiro atoms. The number of aryl methyl sites for hydroxylation is 2. The highest BCUT2D eigenvalue weighted by Crippen LogP contribution is 2.18. The average molecular weight is 238 g/mol. The Bertz CT molecular complexity index is 353. The number of hydrazine groups is 1. The molecule has 1 rings (SSSR count). The Hall–Kier alpha value is -1.10. The van der Waals surface area contributed by atoms with Crippen LogP contribution >= 0.6 is 0 Å². The fourth-order valence-corrected chi connectivity index (χ4v) is 1.49. The SMILES string of the molecule is Cc1ccc(OCC(O)CNN(C)C)c(C)c1. The lowest BCUT2D eigenvalue weighted by Gasteiger charge is -2.17. The Morgan fingerprint density at radius 2 is 2.06 bits per heavy atom. The van der Waals surface area contributed by atoms with Crippen LogP contribution in [0.2, 0.25) is 0 Å². The fourth-order valence-electron chi connectivity index (χ4n) is 1.49. The molecule has 0 fully saturated rings. The van der Waals surface area contributed by atoms with E-state index in [4.69, 9.17) is 4.74 Å². The first kappa shape index (κ1) is 14.0. The summed E-state index contributed by atoms with van der Waals surface area (Å²) in [6.45, 7) is 4.84. The van der Waals surface area contributed by atoms with Gasteiger partial charge in [-0.25, -0.2) is 0 Å². The van der Waals surface area contributed by atoms with Crippen molar-refractivity contribution in [1.82, 2.24) is 10.4 Å². The van der Waals surface area contributed by atoms with Crippen LogP contribution in [0.5, 0.6) is 5.75 Å². The largest absolute Gasteiger partial charge is 0.491 e. The van der Waals surface area contributed by atoms with Gasteiger partial charge in [-0.3, -0.25) is 10.4 Å². The Labute approximate surface area is 103 Å². The molecule has 1 aromatic carbocycles. The summed E-state index contributed by atoms with van der Waals surface area (Å²) in [4.78, 5) is 0. The van der Waals surface area contributed by atoms with Crippen molar-refractivity contribution < 1.29 is 9.84 Å². The van der Waals surface area contributed by atoms with Crippen LogP contribution in [0.15, 0.2) is 18.2 Å². The first-order valence-electron chi connectivity index (χ1n) is 5.78. The fraction of sp³-hybridized carbons (Fsp3) is 0.538. The molecule has 0 heterocycles. The Morgan fingerprint density at radius 3 is 2.65 bits per heavy atom. The average Bonchev–Trinajstić information content (AvgIpc) is 2.25. The summed E-state index contributed by atoms with van der Waals surface area (Å²) in [6, 6.07) is 6.02. The molecule has 0 aliphatic heterocycles. The highest BCUT2D eigenvalue weighted by atomic mass is 16.5. The predicted octanol–water partition coefficient (Wildman–Crippen LogP) is 1.11. The van der Waals surface area contributed by atoms with Crippen molar-refractivity contribution in [1.29, 1.82) is 0 Å². The monoisotopic (exact) mass is 238 g/mol. The van der Waals surface area contributed by atoms with E-state index in [1.165, 1.54) is 5.56 Å². The number of nitrogens with zero attached hydrogens (tertiary/aromatic N) is 1. The minimum Gasteiger partial charge on any atom is -0.491 e. The van der Waals surface area contributed by atoms with Gasteiger partial charge in [0.15, 0.2) is 0 Å². The highest BCUT2D eigenvalue weighted by Gasteiger charge is 2.06. The van der Waals surface area contributed by atoms with E-state index < -0.39 is 6.10 Å². The quantitative estimate of drug-likeness (QED) is 0.729. The predicted molar refractivity (Wildman–Crippen MR) is 69.1 cm³/mol. The minimum absolute atomic E-state index is 0.296. The molecule has 0 radical (unpaired) electrons. The van der Waals surface area contributed by atoms with Crippen molar-refractivity contribution in [2.45, 2.75) is 20.0 Å². The van der Waals surface area contributed by atoms with Crippen LogP contribution in [0, 0.1) is 13.8 Å². The molecule has 1 atom stereocenters. The number of benzene rings is 1. The van der Waals surface area contributed by atoms with Gasteiger partial charge in [-0.15, -0.1) is 0 Å². The number of aliphatic hydroxyl groups is 1. The van der Waals surface area contributed by atoms with E-state index in [0.29, 0.717) is 13.2 Å². The third-order valence-corrected chi connectivity index (χ3v) is 2.40. The number of rotatable bonds is 6. The summed E-state index contributed by atoms with van der Waals surface area (Å²) < 4.78 is 5.58. The van der Waals surface area contributed by atoms with Crippen molar-refractivity contribution in [2.75, 3.05) is 27.2 Å². The normalized spacial score (nSPS) is 12.8. The maximum atomic E-state index is 9.69. The maximum absolute atomic E-state index is 9.69. The van der Waals surface area contributed by atoms with Gasteiger partial charge in [-0.2, -0.15) is 0 Å². The second-order valence-electron chi connectivity index (χ2n) is 4.49. The summed E-state index contributed by atoms with van der Waals surface area (Å²) in [5.41, 5.74) is 5.32. The van der Waals surface area contributed by atoms with Crippen LogP contribution in [0.3, 0.4) is 0 Å². The highest BCUT2D eigenvalue weighted by molar-refractivity contribution is 5.35. The molecule has 96 valence electrons. The van der Waals surface area contributed by atoms with Gasteiger partial charge < -0.3 is 9.84 Å². The molecule has 17 heavy (non-hydrogen) atoms. The van der Waals surface area contributed by atoms with Crippen molar-refractivity contribution in [3.05, 3.63) is 29.3 Å². The Kier molecular flexibility index (Phi) is 5.41. The molecule has 0 aliphatic carbocycles. The zero-order chi connectivity index (χ0) is 12.8. The van der Waals surface area contributed by atoms with Gasteiger partial charge in [0.2, 0.25) is 0 Å². The third-order valence-electron chi connectivity index (χ3n) is 2.40. The molecule has 4 heteroatoms. The van der Waals surface area contributed by atoms with Gasteiger partial charge in [0.05, 0.1) is 0 Å². The molecule has 0 amide bonds. The van der Waals surface area contributed by atoms with E-state index in [2.05, 4.69) is 11.5 Å². The van der Waals surface area contributed by atoms with E-state index in [1.54, 1.807) is 5.01 Å². The van der Waals surface area contributed by atoms with Crippen molar-refractivity contribution in [3.63, 3.8) is 0 Å². The summed E-state index contributed by atoms with van der Waals surface area (Å²) in [7, 11) is 3.77. The smallest absolute Gasteiger partial charge is 0.122 e. The number of hydrogen-bond donors (Lipinski definition) is 2. The molecule has 0 aromatic heterocycles. The van der Waals surface area contributed by atoms with Gasteiger partial charge in [-0.05, 0) is 25.5 Å². The second kappa shape index (κ2) is 6.59. The number of aliphatic hydroxyl groups excluding tert-OH is 1. The lowest BCUT2D eigenvalue weighted by atomic mass is 10.1. The van der Waals surface area contributed by atoms with Crippen molar-refractivity contribution in [2.24, 2.45) is 0 Å². The van der Waals surface area contributed by atoms with Gasteiger partial charge in [0.25, 0.3) is 0 Å². The second-order valence-corrected chi connectivity index (χ2v) is 4.49. The van der Waals surface area contributed by atoms with Crippen LogP contribution in [0.25, 0.3) is 0 Å². The van der Waals surface area contributed by atoms with E-state index in [0.717, 1.165) is 11.3 Å². The van der Waals surface area contributed by atoms with Crippen molar-refractivity contribution in [3.8, 4) is 5.75 Å². The maximum Gasteiger partial charge on any atom is 0.122 e. The molecule has 1 aromatic rings. The van der Waals surface area contributed by atoms with Gasteiger partial charge in [0, 0.05) is 20.6 Å². The number of nitrogens with one attached hydrogen (secondary N) is 1. The Morgan fingerprint density at radius 1 is 1.35 bits per heavy atom. The number of ether oxygens (including phenoxy) is 1. The van der Waals surface area contributed by atoms with E-state index >= 15 is 0 Å². The van der Waals surface area contributed by atoms with E-state index in [9.17, 15) is 5.11 Å². The molecular formula is C13H22N2O2. The van der Waals surface area contributed by atoms with Gasteiger partial charge >= 0.3 is 0 Å². The van der Waals surface area contributed by atoms with Crippen LogP contribution in [0.1, 0.15) is 11.1 Å². The molecule has 0 saturated heterocycles. The zero-order valence-electron chi connectivity index (χ0n) is 11.0. The number of hydrogen-bond acceptors (Lipinski definition) is 4. The molecule has 4 nitrogen and oxygen atoms in total. The van der Waals surface area contributed by atoms with Crippen LogP contribution in [0.4, 0.5) is 0 Å². The topological polar surface area (TPSA) is 44.7 Å². The van der Waals surface area contributed by atoms with Crippen molar-refractivity contribution >= 4 is 0 Å². The van der Waals surface area contributed by atoms with Crippen LogP contribution in [-0.2, 0) is 0 Å². The molecule has 0 bridgehead atoms.